The number of nitrogens with two attached hydrogens (primary N) is 1. The number of benzene rings is 1. The van der Waals surface area contributed by atoms with Crippen LogP contribution in [-0.2, 0) is 15.8 Å². The molecule has 0 radical (unpaired) electrons. The Labute approximate surface area is 129 Å². The van der Waals surface area contributed by atoms with Crippen molar-refractivity contribution in [3.05, 3.63) is 29.8 Å². The van der Waals surface area contributed by atoms with E-state index in [4.69, 9.17) is 5.73 Å². The third kappa shape index (κ3) is 5.32. The topological polar surface area (TPSA) is 63.4 Å². The highest BCUT2D eigenvalue weighted by molar-refractivity contribution is 7.88. The van der Waals surface area contributed by atoms with E-state index in [9.17, 15) is 8.42 Å². The minimum Gasteiger partial charge on any atom is -0.399 e. The van der Waals surface area contributed by atoms with Crippen LogP contribution in [0.15, 0.2) is 24.3 Å². The summed E-state index contributed by atoms with van der Waals surface area (Å²) in [5, 5.41) is 0. The molecule has 21 heavy (non-hydrogen) atoms. The maximum atomic E-state index is 12.8. The maximum absolute atomic E-state index is 12.8. The molecular weight excluding hydrogens is 284 g/mol. The minimum absolute atomic E-state index is 0.0382. The number of hydrogen-bond donors (Lipinski definition) is 1. The summed E-state index contributed by atoms with van der Waals surface area (Å²) in [6, 6.07) is 7.13. The summed E-state index contributed by atoms with van der Waals surface area (Å²) in [5.41, 5.74) is 7.08. The molecule has 0 bridgehead atoms. The fourth-order valence-electron chi connectivity index (χ4n) is 2.45. The zero-order valence-electron chi connectivity index (χ0n) is 13.5. The van der Waals surface area contributed by atoms with Gasteiger partial charge in [0, 0.05) is 18.3 Å². The van der Waals surface area contributed by atoms with Crippen LogP contribution < -0.4 is 5.73 Å². The molecule has 0 aliphatic rings. The highest BCUT2D eigenvalue weighted by Crippen LogP contribution is 2.20. The Morgan fingerprint density at radius 1 is 1.10 bits per heavy atom. The van der Waals surface area contributed by atoms with Gasteiger partial charge in [-0.3, -0.25) is 0 Å². The molecule has 0 aromatic heterocycles. The Morgan fingerprint density at radius 3 is 2.05 bits per heavy atom. The summed E-state index contributed by atoms with van der Waals surface area (Å²) in [6.07, 6.45) is 1.67. The van der Waals surface area contributed by atoms with Crippen LogP contribution in [0.2, 0.25) is 0 Å². The average molecular weight is 312 g/mol. The molecule has 0 atom stereocenters. The molecule has 0 unspecified atom stereocenters. The molecule has 0 amide bonds. The van der Waals surface area contributed by atoms with Crippen LogP contribution in [0.25, 0.3) is 0 Å². The van der Waals surface area contributed by atoms with Crippen LogP contribution in [0.3, 0.4) is 0 Å². The predicted molar refractivity (Wildman–Crippen MR) is 89.4 cm³/mol. The third-order valence-corrected chi connectivity index (χ3v) is 5.44. The van der Waals surface area contributed by atoms with Gasteiger partial charge >= 0.3 is 0 Å². The average Bonchev–Trinajstić information content (AvgIpc) is 2.41. The van der Waals surface area contributed by atoms with Crippen molar-refractivity contribution in [2.75, 3.05) is 12.3 Å². The fourth-order valence-corrected chi connectivity index (χ4v) is 4.51. The van der Waals surface area contributed by atoms with E-state index in [1.54, 1.807) is 28.6 Å². The Morgan fingerprint density at radius 2 is 1.62 bits per heavy atom. The van der Waals surface area contributed by atoms with Crippen LogP contribution in [0.1, 0.15) is 46.1 Å². The number of anilines is 1. The molecule has 0 heterocycles. The molecule has 1 aromatic carbocycles. The summed E-state index contributed by atoms with van der Waals surface area (Å²) in [5.74, 6) is 0.350. The molecule has 1 rings (SSSR count). The minimum atomic E-state index is -3.31. The fraction of sp³-hybridized carbons (Fsp3) is 0.625. The SMILES string of the molecule is CCC(CC)N(CC(C)C)S(=O)(=O)Cc1ccc(N)cc1. The lowest BCUT2D eigenvalue weighted by atomic mass is 10.1. The molecule has 0 fully saturated rings. The van der Waals surface area contributed by atoms with E-state index in [2.05, 4.69) is 0 Å². The molecular formula is C16H28N2O2S. The molecule has 0 spiro atoms. The van der Waals surface area contributed by atoms with E-state index in [0.29, 0.717) is 18.2 Å². The van der Waals surface area contributed by atoms with Gasteiger partial charge in [0.05, 0.1) is 5.75 Å². The van der Waals surface area contributed by atoms with E-state index in [1.807, 2.05) is 27.7 Å². The molecule has 0 aliphatic carbocycles. The molecule has 2 N–H and O–H groups in total. The zero-order chi connectivity index (χ0) is 16.0. The number of rotatable bonds is 8. The Kier molecular flexibility index (Phi) is 6.68. The van der Waals surface area contributed by atoms with Gasteiger partial charge in [-0.05, 0) is 36.5 Å². The van der Waals surface area contributed by atoms with Gasteiger partial charge in [-0.1, -0.05) is 39.8 Å². The molecule has 1 aromatic rings. The second-order valence-electron chi connectivity index (χ2n) is 5.93. The van der Waals surface area contributed by atoms with E-state index in [-0.39, 0.29) is 11.8 Å². The number of sulfonamides is 1. The highest BCUT2D eigenvalue weighted by Gasteiger charge is 2.28. The van der Waals surface area contributed by atoms with E-state index in [0.717, 1.165) is 18.4 Å². The standard InChI is InChI=1S/C16H28N2O2S/c1-5-16(6-2)18(11-13(3)4)21(19,20)12-14-7-9-15(17)10-8-14/h7-10,13,16H,5-6,11-12,17H2,1-4H3. The van der Waals surface area contributed by atoms with Gasteiger partial charge in [0.15, 0.2) is 0 Å². The lowest BCUT2D eigenvalue weighted by Gasteiger charge is -2.31. The Bertz CT molecular complexity index is 520. The Hall–Kier alpha value is -1.07. The zero-order valence-corrected chi connectivity index (χ0v) is 14.4. The van der Waals surface area contributed by atoms with Crippen molar-refractivity contribution >= 4 is 15.7 Å². The molecule has 4 nitrogen and oxygen atoms in total. The summed E-state index contributed by atoms with van der Waals surface area (Å²) in [6.45, 7) is 8.76. The maximum Gasteiger partial charge on any atom is 0.218 e. The normalized spacial score (nSPS) is 12.5. The summed E-state index contributed by atoms with van der Waals surface area (Å²) in [4.78, 5) is 0. The molecule has 0 aliphatic heterocycles. The lowest BCUT2D eigenvalue weighted by Crippen LogP contribution is -2.42. The van der Waals surface area contributed by atoms with Gasteiger partial charge < -0.3 is 5.73 Å². The van der Waals surface area contributed by atoms with Gasteiger partial charge in [0.1, 0.15) is 0 Å². The second kappa shape index (κ2) is 7.80. The van der Waals surface area contributed by atoms with Crippen molar-refractivity contribution in [1.29, 1.82) is 0 Å². The van der Waals surface area contributed by atoms with Crippen molar-refractivity contribution in [3.8, 4) is 0 Å². The van der Waals surface area contributed by atoms with Crippen LogP contribution >= 0.6 is 0 Å². The summed E-state index contributed by atoms with van der Waals surface area (Å²) >= 11 is 0. The molecule has 0 saturated heterocycles. The molecule has 0 saturated carbocycles. The van der Waals surface area contributed by atoms with Crippen molar-refractivity contribution < 1.29 is 8.42 Å². The first-order valence-electron chi connectivity index (χ1n) is 7.64. The van der Waals surface area contributed by atoms with Gasteiger partial charge in [0.2, 0.25) is 10.0 Å². The smallest absolute Gasteiger partial charge is 0.218 e. The number of nitrogens with zero attached hydrogens (tertiary/aromatic N) is 1. The quantitative estimate of drug-likeness (QED) is 0.749. The Balaban J connectivity index is 3.00. The van der Waals surface area contributed by atoms with Crippen LogP contribution in [0.4, 0.5) is 5.69 Å². The second-order valence-corrected chi connectivity index (χ2v) is 7.85. The van der Waals surface area contributed by atoms with Crippen LogP contribution in [-0.4, -0.2) is 25.3 Å². The van der Waals surface area contributed by atoms with Gasteiger partial charge in [0.25, 0.3) is 0 Å². The first-order chi connectivity index (χ1) is 9.80. The van der Waals surface area contributed by atoms with Gasteiger partial charge in [-0.15, -0.1) is 0 Å². The van der Waals surface area contributed by atoms with Crippen molar-refractivity contribution in [2.24, 2.45) is 5.92 Å². The predicted octanol–water partition coefficient (Wildman–Crippen LogP) is 3.25. The summed E-state index contributed by atoms with van der Waals surface area (Å²) in [7, 11) is -3.31. The molecule has 5 heteroatoms. The van der Waals surface area contributed by atoms with Crippen molar-refractivity contribution in [2.45, 2.75) is 52.3 Å². The van der Waals surface area contributed by atoms with Gasteiger partial charge in [-0.2, -0.15) is 4.31 Å². The van der Waals surface area contributed by atoms with E-state index < -0.39 is 10.0 Å². The van der Waals surface area contributed by atoms with E-state index >= 15 is 0 Å². The van der Waals surface area contributed by atoms with Crippen LogP contribution in [0.5, 0.6) is 0 Å². The first-order valence-corrected chi connectivity index (χ1v) is 9.25. The van der Waals surface area contributed by atoms with Crippen LogP contribution in [0, 0.1) is 5.92 Å². The van der Waals surface area contributed by atoms with Crippen molar-refractivity contribution in [1.82, 2.24) is 4.31 Å². The van der Waals surface area contributed by atoms with Gasteiger partial charge in [-0.25, -0.2) is 8.42 Å². The lowest BCUT2D eigenvalue weighted by molar-refractivity contribution is 0.276. The monoisotopic (exact) mass is 312 g/mol. The third-order valence-electron chi connectivity index (χ3n) is 3.58. The highest BCUT2D eigenvalue weighted by atomic mass is 32.2. The number of nitrogen functional groups attached to an aromatic ring is 1. The van der Waals surface area contributed by atoms with Crippen molar-refractivity contribution in [3.63, 3.8) is 0 Å². The van der Waals surface area contributed by atoms with E-state index in [1.165, 1.54) is 0 Å². The summed E-state index contributed by atoms with van der Waals surface area (Å²) < 4.78 is 27.2. The molecule has 120 valence electrons. The first kappa shape index (κ1) is 18.0. The number of hydrogen-bond acceptors (Lipinski definition) is 3. The largest absolute Gasteiger partial charge is 0.399 e.